The lowest BCUT2D eigenvalue weighted by molar-refractivity contribution is 0.0552. The maximum Gasteiger partial charge on any atom is 0.119 e. The van der Waals surface area contributed by atoms with E-state index in [1.807, 2.05) is 52.0 Å². The summed E-state index contributed by atoms with van der Waals surface area (Å²) >= 11 is 0. The average Bonchev–Trinajstić information content (AvgIpc) is 2.63. The van der Waals surface area contributed by atoms with Gasteiger partial charge in [-0.1, -0.05) is 24.3 Å². The second-order valence-corrected chi connectivity index (χ2v) is 6.58. The van der Waals surface area contributed by atoms with Gasteiger partial charge < -0.3 is 18.9 Å². The van der Waals surface area contributed by atoms with Crippen molar-refractivity contribution in [2.24, 2.45) is 0 Å². The summed E-state index contributed by atoms with van der Waals surface area (Å²) in [6.45, 7) is 10.4. The van der Waals surface area contributed by atoms with E-state index in [2.05, 4.69) is 24.3 Å². The highest BCUT2D eigenvalue weighted by Gasteiger charge is 2.01. The Kier molecular flexibility index (Phi) is 8.45. The summed E-state index contributed by atoms with van der Waals surface area (Å²) in [5.41, 5.74) is 2.29. The van der Waals surface area contributed by atoms with E-state index in [1.54, 1.807) is 0 Å². The lowest BCUT2D eigenvalue weighted by Crippen LogP contribution is -2.11. The molecule has 0 aliphatic rings. The van der Waals surface area contributed by atoms with Crippen molar-refractivity contribution in [3.63, 3.8) is 0 Å². The summed E-state index contributed by atoms with van der Waals surface area (Å²) in [5.74, 6) is 1.71. The van der Waals surface area contributed by atoms with E-state index in [-0.39, 0.29) is 12.2 Å². The van der Waals surface area contributed by atoms with Crippen molar-refractivity contribution in [2.45, 2.75) is 39.9 Å². The smallest absolute Gasteiger partial charge is 0.119 e. The van der Waals surface area contributed by atoms with E-state index in [0.717, 1.165) is 22.6 Å². The minimum atomic E-state index is 0.232. The van der Waals surface area contributed by atoms with Gasteiger partial charge in [0.05, 0.1) is 25.4 Å². The van der Waals surface area contributed by atoms with Gasteiger partial charge in [0.15, 0.2) is 0 Å². The molecule has 0 spiro atoms. The topological polar surface area (TPSA) is 36.9 Å². The minimum Gasteiger partial charge on any atom is -0.491 e. The van der Waals surface area contributed by atoms with Crippen LogP contribution in [0.5, 0.6) is 11.5 Å². The summed E-state index contributed by atoms with van der Waals surface area (Å²) in [4.78, 5) is 0. The first kappa shape index (κ1) is 20.3. The second kappa shape index (κ2) is 10.8. The Morgan fingerprint density at radius 3 is 1.19 bits per heavy atom. The number of rotatable bonds is 11. The highest BCUT2D eigenvalue weighted by Crippen LogP contribution is 2.24. The number of hydrogen-bond acceptors (Lipinski definition) is 4. The molecule has 0 aromatic heterocycles. The van der Waals surface area contributed by atoms with Gasteiger partial charge in [0.1, 0.15) is 24.7 Å². The lowest BCUT2D eigenvalue weighted by Gasteiger charge is -2.11. The van der Waals surface area contributed by atoms with Crippen molar-refractivity contribution < 1.29 is 18.9 Å². The summed E-state index contributed by atoms with van der Waals surface area (Å²) in [5, 5.41) is 0. The molecule has 0 saturated heterocycles. The molecule has 0 radical (unpaired) electrons. The zero-order chi connectivity index (χ0) is 18.8. The third-order valence-electron chi connectivity index (χ3n) is 3.65. The molecular formula is C22H30O4. The van der Waals surface area contributed by atoms with Gasteiger partial charge in [0.25, 0.3) is 0 Å². The molecule has 4 nitrogen and oxygen atoms in total. The predicted octanol–water partition coefficient (Wildman–Crippen LogP) is 4.96. The average molecular weight is 358 g/mol. The fraction of sp³-hybridized carbons (Fsp3) is 0.455. The molecule has 26 heavy (non-hydrogen) atoms. The van der Waals surface area contributed by atoms with Crippen LogP contribution in [-0.2, 0) is 9.47 Å². The first-order valence-corrected chi connectivity index (χ1v) is 9.24. The zero-order valence-electron chi connectivity index (χ0n) is 16.2. The number of hydrogen-bond donors (Lipinski definition) is 0. The standard InChI is InChI=1S/C22H30O4/c1-17(2)23-13-15-25-21-9-5-19(6-10-21)20-7-11-22(12-8-20)26-16-14-24-18(3)4/h5-12,17-18H,13-16H2,1-4H3. The molecule has 142 valence electrons. The molecule has 0 aliphatic heterocycles. The molecule has 2 aromatic carbocycles. The van der Waals surface area contributed by atoms with Crippen molar-refractivity contribution in [2.75, 3.05) is 26.4 Å². The Morgan fingerprint density at radius 2 is 0.885 bits per heavy atom. The summed E-state index contributed by atoms with van der Waals surface area (Å²) < 4.78 is 22.3. The highest BCUT2D eigenvalue weighted by atomic mass is 16.5. The quantitative estimate of drug-likeness (QED) is 0.532. The van der Waals surface area contributed by atoms with Gasteiger partial charge in [-0.05, 0) is 63.1 Å². The molecule has 0 amide bonds. The van der Waals surface area contributed by atoms with Crippen LogP contribution in [0.3, 0.4) is 0 Å². The van der Waals surface area contributed by atoms with Crippen LogP contribution < -0.4 is 9.47 Å². The molecule has 2 aromatic rings. The van der Waals surface area contributed by atoms with E-state index >= 15 is 0 Å². The highest BCUT2D eigenvalue weighted by molar-refractivity contribution is 5.64. The van der Waals surface area contributed by atoms with E-state index in [4.69, 9.17) is 18.9 Å². The molecule has 0 saturated carbocycles. The first-order valence-electron chi connectivity index (χ1n) is 9.24. The van der Waals surface area contributed by atoms with Crippen molar-refractivity contribution in [1.29, 1.82) is 0 Å². The lowest BCUT2D eigenvalue weighted by atomic mass is 10.1. The van der Waals surface area contributed by atoms with Gasteiger partial charge in [-0.15, -0.1) is 0 Å². The van der Waals surface area contributed by atoms with Crippen molar-refractivity contribution in [3.05, 3.63) is 48.5 Å². The van der Waals surface area contributed by atoms with Crippen LogP contribution in [0, 0.1) is 0 Å². The second-order valence-electron chi connectivity index (χ2n) is 6.58. The Hall–Kier alpha value is -2.04. The van der Waals surface area contributed by atoms with Crippen LogP contribution in [0.4, 0.5) is 0 Å². The third kappa shape index (κ3) is 7.46. The summed E-state index contributed by atoms with van der Waals surface area (Å²) in [6, 6.07) is 16.2. The monoisotopic (exact) mass is 358 g/mol. The van der Waals surface area contributed by atoms with Gasteiger partial charge in [-0.2, -0.15) is 0 Å². The molecule has 0 atom stereocenters. The summed E-state index contributed by atoms with van der Waals surface area (Å²) in [7, 11) is 0. The number of benzene rings is 2. The number of ether oxygens (including phenoxy) is 4. The van der Waals surface area contributed by atoms with E-state index < -0.39 is 0 Å². The first-order chi connectivity index (χ1) is 12.5. The Bertz CT molecular complexity index is 560. The Balaban J connectivity index is 1.81. The van der Waals surface area contributed by atoms with Gasteiger partial charge in [0, 0.05) is 0 Å². The SMILES string of the molecule is CC(C)OCCOc1ccc(-c2ccc(OCCOC(C)C)cc2)cc1. The predicted molar refractivity (Wildman–Crippen MR) is 105 cm³/mol. The largest absolute Gasteiger partial charge is 0.491 e. The van der Waals surface area contributed by atoms with E-state index in [0.29, 0.717) is 26.4 Å². The molecule has 0 heterocycles. The van der Waals surface area contributed by atoms with Crippen molar-refractivity contribution in [3.8, 4) is 22.6 Å². The van der Waals surface area contributed by atoms with Crippen molar-refractivity contribution >= 4 is 0 Å². The van der Waals surface area contributed by atoms with E-state index in [1.165, 1.54) is 0 Å². The molecule has 2 rings (SSSR count). The Labute approximate surface area is 157 Å². The molecular weight excluding hydrogens is 328 g/mol. The van der Waals surface area contributed by atoms with Crippen LogP contribution in [0.1, 0.15) is 27.7 Å². The van der Waals surface area contributed by atoms with Crippen molar-refractivity contribution in [1.82, 2.24) is 0 Å². The molecule has 0 aliphatic carbocycles. The molecule has 0 fully saturated rings. The van der Waals surface area contributed by atoms with Gasteiger partial charge >= 0.3 is 0 Å². The van der Waals surface area contributed by atoms with Crippen LogP contribution in [-0.4, -0.2) is 38.6 Å². The van der Waals surface area contributed by atoms with E-state index in [9.17, 15) is 0 Å². The van der Waals surface area contributed by atoms with Crippen LogP contribution in [0.25, 0.3) is 11.1 Å². The molecule has 0 N–H and O–H groups in total. The third-order valence-corrected chi connectivity index (χ3v) is 3.65. The maximum atomic E-state index is 5.68. The van der Waals surface area contributed by atoms with Gasteiger partial charge in [-0.25, -0.2) is 0 Å². The molecule has 0 bridgehead atoms. The van der Waals surface area contributed by atoms with Gasteiger partial charge in [-0.3, -0.25) is 0 Å². The zero-order valence-corrected chi connectivity index (χ0v) is 16.2. The fourth-order valence-corrected chi connectivity index (χ4v) is 2.37. The molecule has 0 unspecified atom stereocenters. The van der Waals surface area contributed by atoms with Crippen LogP contribution in [0.15, 0.2) is 48.5 Å². The molecule has 4 heteroatoms. The minimum absolute atomic E-state index is 0.232. The summed E-state index contributed by atoms with van der Waals surface area (Å²) in [6.07, 6.45) is 0.464. The fourth-order valence-electron chi connectivity index (χ4n) is 2.37. The van der Waals surface area contributed by atoms with Crippen LogP contribution in [0.2, 0.25) is 0 Å². The Morgan fingerprint density at radius 1 is 0.538 bits per heavy atom. The maximum absolute atomic E-state index is 5.68. The normalized spacial score (nSPS) is 11.2. The van der Waals surface area contributed by atoms with Crippen LogP contribution >= 0.6 is 0 Å². The van der Waals surface area contributed by atoms with Gasteiger partial charge in [0.2, 0.25) is 0 Å².